The summed E-state index contributed by atoms with van der Waals surface area (Å²) in [6.45, 7) is 9.29. The van der Waals surface area contributed by atoms with Gasteiger partial charge in [0.2, 0.25) is 0 Å². The molecule has 2 aliphatic rings. The van der Waals surface area contributed by atoms with Gasteiger partial charge in [0, 0.05) is 0 Å². The van der Waals surface area contributed by atoms with Crippen LogP contribution in [0.5, 0.6) is 0 Å². The van der Waals surface area contributed by atoms with E-state index in [0.29, 0.717) is 17.8 Å². The number of carbonyl (C=O) groups is 2. The van der Waals surface area contributed by atoms with E-state index < -0.39 is 17.3 Å². The molecule has 0 aromatic carbocycles. The van der Waals surface area contributed by atoms with Gasteiger partial charge < -0.3 is 9.84 Å². The molecule has 2 aliphatic carbocycles. The molecular formula is C18H28O4. The molecule has 0 bridgehead atoms. The topological polar surface area (TPSA) is 63.6 Å². The molecule has 0 aromatic rings. The van der Waals surface area contributed by atoms with Crippen molar-refractivity contribution in [2.75, 3.05) is 0 Å². The van der Waals surface area contributed by atoms with E-state index in [1.54, 1.807) is 0 Å². The lowest BCUT2D eigenvalue weighted by Crippen LogP contribution is -2.33. The summed E-state index contributed by atoms with van der Waals surface area (Å²) in [6, 6.07) is 0. The summed E-state index contributed by atoms with van der Waals surface area (Å²) in [5, 5.41) is 9.32. The molecule has 0 spiro atoms. The van der Waals surface area contributed by atoms with E-state index in [4.69, 9.17) is 4.74 Å². The molecule has 4 heteroatoms. The lowest BCUT2D eigenvalue weighted by molar-refractivity contribution is -0.160. The van der Waals surface area contributed by atoms with Crippen LogP contribution in [0.3, 0.4) is 0 Å². The molecule has 0 aromatic heterocycles. The van der Waals surface area contributed by atoms with Crippen molar-refractivity contribution in [2.45, 2.75) is 59.0 Å². The zero-order valence-corrected chi connectivity index (χ0v) is 13.9. The minimum Gasteiger partial charge on any atom is -0.481 e. The molecule has 2 saturated carbocycles. The highest BCUT2D eigenvalue weighted by atomic mass is 16.5. The number of carboxylic acid groups (broad SMARTS) is 1. The van der Waals surface area contributed by atoms with Crippen LogP contribution in [0.2, 0.25) is 0 Å². The van der Waals surface area contributed by atoms with Crippen molar-refractivity contribution in [1.29, 1.82) is 0 Å². The van der Waals surface area contributed by atoms with Crippen LogP contribution in [-0.2, 0) is 14.3 Å². The van der Waals surface area contributed by atoms with Crippen LogP contribution in [0.1, 0.15) is 52.9 Å². The first-order valence-electron chi connectivity index (χ1n) is 8.27. The van der Waals surface area contributed by atoms with Crippen LogP contribution in [-0.4, -0.2) is 23.1 Å². The molecule has 1 N–H and O–H groups in total. The summed E-state index contributed by atoms with van der Waals surface area (Å²) in [4.78, 5) is 23.6. The zero-order valence-electron chi connectivity index (χ0n) is 13.9. The standard InChI is InChI=1S/C18H28O4/c1-5-6-7-12-13-8-11(13)9-15(12)22-16(19)10-14(17(20)21)18(2,3)4/h5,11-15H,1,6-10H2,2-4H3,(H,20,21)/t11-,12+,13-,14?,15+/m0/s1. The second-order valence-electron chi connectivity index (χ2n) is 7.91. The maximum Gasteiger partial charge on any atom is 0.307 e. The maximum absolute atomic E-state index is 12.2. The third kappa shape index (κ3) is 3.90. The van der Waals surface area contributed by atoms with Crippen molar-refractivity contribution < 1.29 is 19.4 Å². The molecule has 2 fully saturated rings. The van der Waals surface area contributed by atoms with Crippen LogP contribution >= 0.6 is 0 Å². The van der Waals surface area contributed by atoms with Gasteiger partial charge in [0.25, 0.3) is 0 Å². The van der Waals surface area contributed by atoms with Crippen molar-refractivity contribution in [3.8, 4) is 0 Å². The molecule has 22 heavy (non-hydrogen) atoms. The highest BCUT2D eigenvalue weighted by Crippen LogP contribution is 2.57. The lowest BCUT2D eigenvalue weighted by atomic mass is 9.79. The smallest absolute Gasteiger partial charge is 0.307 e. The van der Waals surface area contributed by atoms with Gasteiger partial charge in [-0.05, 0) is 48.9 Å². The van der Waals surface area contributed by atoms with E-state index in [-0.39, 0.29) is 18.5 Å². The molecule has 0 amide bonds. The van der Waals surface area contributed by atoms with Crippen LogP contribution < -0.4 is 0 Å². The summed E-state index contributed by atoms with van der Waals surface area (Å²) in [5.74, 6) is -0.146. The molecule has 5 atom stereocenters. The molecule has 4 nitrogen and oxygen atoms in total. The van der Waals surface area contributed by atoms with Crippen LogP contribution in [0, 0.1) is 29.1 Å². The number of carboxylic acids is 1. The predicted molar refractivity (Wildman–Crippen MR) is 84.2 cm³/mol. The fourth-order valence-corrected chi connectivity index (χ4v) is 3.81. The van der Waals surface area contributed by atoms with E-state index in [1.165, 1.54) is 6.42 Å². The molecule has 0 heterocycles. The Kier molecular flexibility index (Phi) is 4.98. The summed E-state index contributed by atoms with van der Waals surface area (Å²) < 4.78 is 5.66. The van der Waals surface area contributed by atoms with E-state index >= 15 is 0 Å². The monoisotopic (exact) mass is 308 g/mol. The first-order chi connectivity index (χ1) is 10.2. The number of aliphatic carboxylic acids is 1. The molecule has 124 valence electrons. The minimum absolute atomic E-state index is 0.0226. The molecule has 2 rings (SSSR count). The Hall–Kier alpha value is -1.32. The second kappa shape index (κ2) is 6.43. The molecule has 0 radical (unpaired) electrons. The Morgan fingerprint density at radius 2 is 2.05 bits per heavy atom. The molecule has 1 unspecified atom stereocenters. The van der Waals surface area contributed by atoms with E-state index in [0.717, 1.165) is 19.3 Å². The Bertz CT molecular complexity index is 448. The largest absolute Gasteiger partial charge is 0.481 e. The highest BCUT2D eigenvalue weighted by Gasteiger charge is 2.54. The van der Waals surface area contributed by atoms with Crippen LogP contribution in [0.4, 0.5) is 0 Å². The Labute approximate surface area is 132 Å². The van der Waals surface area contributed by atoms with E-state index in [2.05, 4.69) is 6.58 Å². The van der Waals surface area contributed by atoms with Gasteiger partial charge >= 0.3 is 11.9 Å². The Morgan fingerprint density at radius 3 is 2.59 bits per heavy atom. The van der Waals surface area contributed by atoms with Crippen molar-refractivity contribution in [3.05, 3.63) is 12.7 Å². The van der Waals surface area contributed by atoms with Crippen LogP contribution in [0.25, 0.3) is 0 Å². The number of hydrogen-bond acceptors (Lipinski definition) is 3. The Balaban J connectivity index is 1.91. The van der Waals surface area contributed by atoms with Crippen LogP contribution in [0.15, 0.2) is 12.7 Å². The third-order valence-electron chi connectivity index (χ3n) is 5.24. The van der Waals surface area contributed by atoms with Crippen molar-refractivity contribution in [2.24, 2.45) is 29.1 Å². The van der Waals surface area contributed by atoms with Gasteiger partial charge in [0.1, 0.15) is 6.10 Å². The summed E-state index contributed by atoms with van der Waals surface area (Å²) in [5.41, 5.74) is -0.453. The fraction of sp³-hybridized carbons (Fsp3) is 0.778. The Morgan fingerprint density at radius 1 is 1.36 bits per heavy atom. The molecule has 0 aliphatic heterocycles. The van der Waals surface area contributed by atoms with Gasteiger partial charge in [-0.3, -0.25) is 9.59 Å². The number of carbonyl (C=O) groups excluding carboxylic acids is 1. The van der Waals surface area contributed by atoms with Crippen molar-refractivity contribution in [1.82, 2.24) is 0 Å². The average Bonchev–Trinajstić information content (AvgIpc) is 3.07. The summed E-state index contributed by atoms with van der Waals surface area (Å²) in [7, 11) is 0. The second-order valence-corrected chi connectivity index (χ2v) is 7.91. The van der Waals surface area contributed by atoms with Crippen molar-refractivity contribution in [3.63, 3.8) is 0 Å². The number of rotatable bonds is 7. The maximum atomic E-state index is 12.2. The van der Waals surface area contributed by atoms with Gasteiger partial charge in [0.15, 0.2) is 0 Å². The fourth-order valence-electron chi connectivity index (χ4n) is 3.81. The number of ether oxygens (including phenoxy) is 1. The SMILES string of the molecule is C=CCC[C@@H]1[C@H]2C[C@H]2C[C@H]1OC(=O)CC(C(=O)O)C(C)(C)C. The number of allylic oxidation sites excluding steroid dienone is 1. The zero-order chi connectivity index (χ0) is 16.5. The number of hydrogen-bond donors (Lipinski definition) is 1. The minimum atomic E-state index is -0.929. The first kappa shape index (κ1) is 17.0. The summed E-state index contributed by atoms with van der Waals surface area (Å²) >= 11 is 0. The molecular weight excluding hydrogens is 280 g/mol. The van der Waals surface area contributed by atoms with Gasteiger partial charge in [-0.1, -0.05) is 26.8 Å². The van der Waals surface area contributed by atoms with Gasteiger partial charge in [-0.25, -0.2) is 0 Å². The van der Waals surface area contributed by atoms with Crippen molar-refractivity contribution >= 4 is 11.9 Å². The van der Waals surface area contributed by atoms with Gasteiger partial charge in [-0.15, -0.1) is 6.58 Å². The van der Waals surface area contributed by atoms with E-state index in [1.807, 2.05) is 26.8 Å². The number of esters is 1. The normalized spacial score (nSPS) is 31.2. The predicted octanol–water partition coefficient (Wildman–Crippen LogP) is 3.66. The third-order valence-corrected chi connectivity index (χ3v) is 5.24. The van der Waals surface area contributed by atoms with Gasteiger partial charge in [0.05, 0.1) is 12.3 Å². The molecule has 0 saturated heterocycles. The lowest BCUT2D eigenvalue weighted by Gasteiger charge is -2.28. The quantitative estimate of drug-likeness (QED) is 0.576. The highest BCUT2D eigenvalue weighted by molar-refractivity contribution is 5.79. The number of fused-ring (bicyclic) bond motifs is 1. The van der Waals surface area contributed by atoms with E-state index in [9.17, 15) is 14.7 Å². The first-order valence-corrected chi connectivity index (χ1v) is 8.27. The summed E-state index contributed by atoms with van der Waals surface area (Å²) in [6.07, 6.45) is 6.02. The van der Waals surface area contributed by atoms with Gasteiger partial charge in [-0.2, -0.15) is 0 Å². The average molecular weight is 308 g/mol.